The fourth-order valence-corrected chi connectivity index (χ4v) is 6.22. The molecule has 1 fully saturated rings. The number of hydrogen-bond donors (Lipinski definition) is 1. The van der Waals surface area contributed by atoms with E-state index in [1.54, 1.807) is 49.4 Å². The second kappa shape index (κ2) is 14.3. The number of para-hydroxylation sites is 1. The van der Waals surface area contributed by atoms with Gasteiger partial charge in [0.05, 0.1) is 11.9 Å². The van der Waals surface area contributed by atoms with Crippen LogP contribution in [0.1, 0.15) is 44.6 Å². The van der Waals surface area contributed by atoms with Gasteiger partial charge in [0.15, 0.2) is 0 Å². The van der Waals surface area contributed by atoms with E-state index in [1.807, 2.05) is 30.3 Å². The first-order valence-corrected chi connectivity index (χ1v) is 16.5. The highest BCUT2D eigenvalue weighted by Gasteiger charge is 2.31. The van der Waals surface area contributed by atoms with E-state index in [-0.39, 0.29) is 24.2 Å². The van der Waals surface area contributed by atoms with Crippen molar-refractivity contribution in [3.63, 3.8) is 0 Å². The Morgan fingerprint density at radius 3 is 2.21 bits per heavy atom. The molecule has 1 atom stereocenters. The second-order valence-corrected chi connectivity index (χ2v) is 13.2. The number of ether oxygens (including phenoxy) is 1. The average molecular weight is 633 g/mol. The number of benzene rings is 3. The Bertz CT molecular complexity index is 1480. The number of hydrogen-bond acceptors (Lipinski definition) is 5. The van der Waals surface area contributed by atoms with Crippen LogP contribution in [-0.4, -0.2) is 50.0 Å². The summed E-state index contributed by atoms with van der Waals surface area (Å²) in [6.45, 7) is 1.12. The van der Waals surface area contributed by atoms with Crippen LogP contribution >= 0.6 is 23.2 Å². The van der Waals surface area contributed by atoms with E-state index in [0.29, 0.717) is 27.1 Å². The van der Waals surface area contributed by atoms with E-state index in [0.717, 1.165) is 42.7 Å². The number of amides is 2. The third kappa shape index (κ3) is 8.63. The fourth-order valence-electron chi connectivity index (χ4n) is 4.90. The van der Waals surface area contributed by atoms with Crippen LogP contribution in [-0.2, 0) is 26.2 Å². The lowest BCUT2D eigenvalue weighted by atomic mass is 9.95. The molecule has 1 aliphatic rings. The Balaban J connectivity index is 1.57. The van der Waals surface area contributed by atoms with Gasteiger partial charge in [0.25, 0.3) is 0 Å². The normalized spacial score (nSPS) is 14.6. The molecule has 0 heterocycles. The first-order valence-electron chi connectivity index (χ1n) is 13.9. The van der Waals surface area contributed by atoms with E-state index in [2.05, 4.69) is 5.32 Å². The number of carbonyl (C=O) groups is 2. The molecule has 8 nitrogen and oxygen atoms in total. The van der Waals surface area contributed by atoms with Gasteiger partial charge in [-0.05, 0) is 73.9 Å². The van der Waals surface area contributed by atoms with Gasteiger partial charge in [0, 0.05) is 22.6 Å². The lowest BCUT2D eigenvalue weighted by Gasteiger charge is -2.33. The van der Waals surface area contributed by atoms with Crippen LogP contribution in [0.5, 0.6) is 11.5 Å². The third-order valence-electron chi connectivity index (χ3n) is 7.26. The molecule has 2 amide bonds. The minimum Gasteiger partial charge on any atom is -0.457 e. The fraction of sp³-hybridized carbons (Fsp3) is 0.355. The molecule has 0 aromatic heterocycles. The number of carbonyl (C=O) groups excluding carboxylic acids is 2. The van der Waals surface area contributed by atoms with Crippen LogP contribution in [0.2, 0.25) is 10.0 Å². The van der Waals surface area contributed by atoms with Gasteiger partial charge < -0.3 is 15.0 Å². The van der Waals surface area contributed by atoms with Crippen LogP contribution in [0.15, 0.2) is 72.8 Å². The van der Waals surface area contributed by atoms with E-state index >= 15 is 0 Å². The largest absolute Gasteiger partial charge is 0.457 e. The maximum Gasteiger partial charge on any atom is 0.244 e. The van der Waals surface area contributed by atoms with Gasteiger partial charge >= 0.3 is 0 Å². The van der Waals surface area contributed by atoms with Crippen LogP contribution in [0.3, 0.4) is 0 Å². The van der Waals surface area contributed by atoms with Crippen LogP contribution in [0.25, 0.3) is 0 Å². The van der Waals surface area contributed by atoms with Crippen molar-refractivity contribution in [2.24, 2.45) is 0 Å². The van der Waals surface area contributed by atoms with Crippen LogP contribution < -0.4 is 14.4 Å². The van der Waals surface area contributed by atoms with Crippen molar-refractivity contribution < 1.29 is 22.7 Å². The molecule has 1 aliphatic carbocycles. The molecular formula is C31H35Cl2N3O5S. The maximum absolute atomic E-state index is 13.8. The molecule has 3 aromatic rings. The summed E-state index contributed by atoms with van der Waals surface area (Å²) < 4.78 is 32.6. The van der Waals surface area contributed by atoms with Crippen molar-refractivity contribution in [1.82, 2.24) is 10.2 Å². The molecule has 0 aliphatic heterocycles. The zero-order chi connectivity index (χ0) is 30.3. The molecule has 4 rings (SSSR count). The highest BCUT2D eigenvalue weighted by molar-refractivity contribution is 7.92. The minimum absolute atomic E-state index is 0.00442. The summed E-state index contributed by atoms with van der Waals surface area (Å²) in [7, 11) is -3.87. The summed E-state index contributed by atoms with van der Waals surface area (Å²) in [5, 5.41) is 3.85. The molecule has 42 heavy (non-hydrogen) atoms. The molecule has 0 spiro atoms. The zero-order valence-electron chi connectivity index (χ0n) is 23.6. The van der Waals surface area contributed by atoms with Crippen molar-refractivity contribution in [3.05, 3.63) is 88.4 Å². The summed E-state index contributed by atoms with van der Waals surface area (Å²) in [5.74, 6) is 0.296. The van der Waals surface area contributed by atoms with Crippen molar-refractivity contribution in [2.45, 2.75) is 57.7 Å². The number of nitrogens with one attached hydrogen (secondary N) is 1. The third-order valence-corrected chi connectivity index (χ3v) is 8.98. The SMILES string of the molecule is C[C@H](C(=O)NC1CCCCC1)N(Cc1ccc(Cl)cc1Cl)C(=O)CN(c1ccc(Oc2ccccc2)cc1)S(C)(=O)=O. The molecule has 0 bridgehead atoms. The van der Waals surface area contributed by atoms with Crippen molar-refractivity contribution in [3.8, 4) is 11.5 Å². The molecule has 224 valence electrons. The number of nitrogens with zero attached hydrogens (tertiary/aromatic N) is 2. The highest BCUT2D eigenvalue weighted by Crippen LogP contribution is 2.27. The molecule has 0 radical (unpaired) electrons. The monoisotopic (exact) mass is 631 g/mol. The molecular weight excluding hydrogens is 597 g/mol. The van der Waals surface area contributed by atoms with Crippen LogP contribution in [0, 0.1) is 0 Å². The van der Waals surface area contributed by atoms with Crippen LogP contribution in [0.4, 0.5) is 5.69 Å². The first kappa shape index (κ1) is 31.7. The first-order chi connectivity index (χ1) is 20.0. The van der Waals surface area contributed by atoms with Crippen molar-refractivity contribution in [1.29, 1.82) is 0 Å². The standard InChI is InChI=1S/C31H35Cl2N3O5S/c1-22(31(38)34-25-9-5-3-6-10-25)35(20-23-13-14-24(32)19-29(23)33)30(37)21-36(42(2,39)40)26-15-17-28(18-16-26)41-27-11-7-4-8-12-27/h4,7-8,11-19,22,25H,3,5-6,9-10,20-21H2,1-2H3,(H,34,38)/t22-/m1/s1. The highest BCUT2D eigenvalue weighted by atomic mass is 35.5. The lowest BCUT2D eigenvalue weighted by Crippen LogP contribution is -2.53. The number of anilines is 1. The van der Waals surface area contributed by atoms with Gasteiger partial charge in [-0.15, -0.1) is 0 Å². The van der Waals surface area contributed by atoms with Crippen molar-refractivity contribution in [2.75, 3.05) is 17.1 Å². The summed E-state index contributed by atoms with van der Waals surface area (Å²) in [6, 6.07) is 19.7. The smallest absolute Gasteiger partial charge is 0.244 e. The van der Waals surface area contributed by atoms with Crippen molar-refractivity contribution >= 4 is 50.7 Å². The Labute approximate surface area is 257 Å². The van der Waals surface area contributed by atoms with Gasteiger partial charge in [-0.25, -0.2) is 8.42 Å². The molecule has 11 heteroatoms. The number of rotatable bonds is 11. The molecule has 1 N–H and O–H groups in total. The summed E-state index contributed by atoms with van der Waals surface area (Å²) in [6.07, 6.45) is 6.04. The Morgan fingerprint density at radius 1 is 0.952 bits per heavy atom. The minimum atomic E-state index is -3.87. The number of sulfonamides is 1. The lowest BCUT2D eigenvalue weighted by molar-refractivity contribution is -0.139. The Morgan fingerprint density at radius 2 is 1.60 bits per heavy atom. The predicted molar refractivity (Wildman–Crippen MR) is 167 cm³/mol. The molecule has 0 unspecified atom stereocenters. The topological polar surface area (TPSA) is 96.0 Å². The van der Waals surface area contributed by atoms with E-state index < -0.39 is 28.5 Å². The van der Waals surface area contributed by atoms with Gasteiger partial charge in [0.2, 0.25) is 21.8 Å². The summed E-state index contributed by atoms with van der Waals surface area (Å²) in [5.41, 5.74) is 0.870. The quantitative estimate of drug-likeness (QED) is 0.263. The summed E-state index contributed by atoms with van der Waals surface area (Å²) in [4.78, 5) is 28.5. The number of halogens is 2. The average Bonchev–Trinajstić information content (AvgIpc) is 2.96. The molecule has 0 saturated heterocycles. The van der Waals surface area contributed by atoms with E-state index in [4.69, 9.17) is 27.9 Å². The van der Waals surface area contributed by atoms with Gasteiger partial charge in [-0.3, -0.25) is 13.9 Å². The van der Waals surface area contributed by atoms with E-state index in [9.17, 15) is 18.0 Å². The molecule has 3 aromatic carbocycles. The molecule has 1 saturated carbocycles. The van der Waals surface area contributed by atoms with Gasteiger partial charge in [0.1, 0.15) is 24.1 Å². The summed E-state index contributed by atoms with van der Waals surface area (Å²) >= 11 is 12.5. The second-order valence-electron chi connectivity index (χ2n) is 10.5. The predicted octanol–water partition coefficient (Wildman–Crippen LogP) is 6.42. The van der Waals surface area contributed by atoms with E-state index in [1.165, 1.54) is 4.90 Å². The Kier molecular flexibility index (Phi) is 10.8. The van der Waals surface area contributed by atoms with Gasteiger partial charge in [-0.2, -0.15) is 0 Å². The zero-order valence-corrected chi connectivity index (χ0v) is 26.0. The van der Waals surface area contributed by atoms with Gasteiger partial charge in [-0.1, -0.05) is 66.7 Å². The maximum atomic E-state index is 13.8. The Hall–Kier alpha value is -3.27.